The lowest BCUT2D eigenvalue weighted by atomic mass is 10.2. The SMILES string of the molecule is Cc1c(C(=O)N(Cc2cccs2)CC2CCCO2)cnn1-c1ccccc1. The summed E-state index contributed by atoms with van der Waals surface area (Å²) >= 11 is 1.67. The third-order valence-electron chi connectivity index (χ3n) is 4.90. The number of ether oxygens (including phenoxy) is 1. The van der Waals surface area contributed by atoms with Gasteiger partial charge in [0.05, 0.1) is 35.8 Å². The Kier molecular flexibility index (Phi) is 5.36. The van der Waals surface area contributed by atoms with Crippen LogP contribution in [0.25, 0.3) is 5.69 Å². The van der Waals surface area contributed by atoms with Crippen LogP contribution >= 0.6 is 11.3 Å². The van der Waals surface area contributed by atoms with Crippen LogP contribution in [-0.4, -0.2) is 39.8 Å². The topological polar surface area (TPSA) is 47.4 Å². The largest absolute Gasteiger partial charge is 0.376 e. The monoisotopic (exact) mass is 381 g/mol. The van der Waals surface area contributed by atoms with Gasteiger partial charge in [0.25, 0.3) is 5.91 Å². The van der Waals surface area contributed by atoms with Crippen molar-refractivity contribution in [1.29, 1.82) is 0 Å². The number of carbonyl (C=O) groups excluding carboxylic acids is 1. The van der Waals surface area contributed by atoms with Gasteiger partial charge in [-0.15, -0.1) is 11.3 Å². The van der Waals surface area contributed by atoms with Gasteiger partial charge in [-0.1, -0.05) is 24.3 Å². The molecule has 0 radical (unpaired) electrons. The van der Waals surface area contributed by atoms with E-state index in [2.05, 4.69) is 11.2 Å². The van der Waals surface area contributed by atoms with Crippen molar-refractivity contribution in [2.24, 2.45) is 0 Å². The lowest BCUT2D eigenvalue weighted by Crippen LogP contribution is -2.37. The van der Waals surface area contributed by atoms with Crippen LogP contribution in [0, 0.1) is 6.92 Å². The van der Waals surface area contributed by atoms with Gasteiger partial charge in [-0.2, -0.15) is 5.10 Å². The minimum absolute atomic E-state index is 0.0126. The van der Waals surface area contributed by atoms with E-state index >= 15 is 0 Å². The second kappa shape index (κ2) is 8.06. The lowest BCUT2D eigenvalue weighted by molar-refractivity contribution is 0.0509. The van der Waals surface area contributed by atoms with Crippen LogP contribution in [-0.2, 0) is 11.3 Å². The average molecular weight is 382 g/mol. The van der Waals surface area contributed by atoms with Crippen LogP contribution in [0.15, 0.2) is 54.0 Å². The second-order valence-electron chi connectivity index (χ2n) is 6.79. The molecule has 6 heteroatoms. The number of rotatable bonds is 6. The lowest BCUT2D eigenvalue weighted by Gasteiger charge is -2.25. The fourth-order valence-electron chi connectivity index (χ4n) is 3.46. The highest BCUT2D eigenvalue weighted by Gasteiger charge is 2.26. The van der Waals surface area contributed by atoms with Crippen LogP contribution in [0.1, 0.15) is 33.8 Å². The minimum Gasteiger partial charge on any atom is -0.376 e. The zero-order valence-corrected chi connectivity index (χ0v) is 16.2. The first-order valence-electron chi connectivity index (χ1n) is 9.25. The van der Waals surface area contributed by atoms with Gasteiger partial charge < -0.3 is 9.64 Å². The molecule has 2 aromatic heterocycles. The number of aromatic nitrogens is 2. The number of hydrogen-bond acceptors (Lipinski definition) is 4. The summed E-state index contributed by atoms with van der Waals surface area (Å²) in [4.78, 5) is 16.4. The molecule has 1 aromatic carbocycles. The Balaban J connectivity index is 1.59. The molecule has 5 nitrogen and oxygen atoms in total. The first-order valence-corrected chi connectivity index (χ1v) is 10.1. The number of benzene rings is 1. The summed E-state index contributed by atoms with van der Waals surface area (Å²) in [6.45, 7) is 3.96. The van der Waals surface area contributed by atoms with Gasteiger partial charge in [-0.05, 0) is 43.3 Å². The standard InChI is InChI=1S/C21H23N3O2S/c1-16-20(13-22-24(16)17-7-3-2-4-8-17)21(25)23(14-18-9-5-11-26-18)15-19-10-6-12-27-19/h2-4,6-8,10,12-13,18H,5,9,11,14-15H2,1H3. The summed E-state index contributed by atoms with van der Waals surface area (Å²) in [6, 6.07) is 14.0. The van der Waals surface area contributed by atoms with E-state index < -0.39 is 0 Å². The Labute approximate surface area is 163 Å². The maximum atomic E-state index is 13.3. The van der Waals surface area contributed by atoms with Crippen molar-refractivity contribution in [2.75, 3.05) is 13.2 Å². The highest BCUT2D eigenvalue weighted by molar-refractivity contribution is 7.09. The summed E-state index contributed by atoms with van der Waals surface area (Å²) in [5.41, 5.74) is 2.46. The Bertz CT molecular complexity index is 884. The van der Waals surface area contributed by atoms with Crippen molar-refractivity contribution < 1.29 is 9.53 Å². The summed E-state index contributed by atoms with van der Waals surface area (Å²) in [5, 5.41) is 6.50. The van der Waals surface area contributed by atoms with Gasteiger partial charge in [0.15, 0.2) is 0 Å². The average Bonchev–Trinajstić information content (AvgIpc) is 3.44. The van der Waals surface area contributed by atoms with E-state index in [1.165, 1.54) is 4.88 Å². The van der Waals surface area contributed by atoms with Gasteiger partial charge in [0.1, 0.15) is 0 Å². The molecule has 1 aliphatic rings. The smallest absolute Gasteiger partial charge is 0.257 e. The molecule has 1 amide bonds. The van der Waals surface area contributed by atoms with Crippen LogP contribution in [0.4, 0.5) is 0 Å². The predicted octanol–water partition coefficient (Wildman–Crippen LogP) is 4.06. The van der Waals surface area contributed by atoms with E-state index in [4.69, 9.17) is 4.74 Å². The normalized spacial score (nSPS) is 16.6. The molecule has 140 valence electrons. The van der Waals surface area contributed by atoms with Crippen molar-refractivity contribution in [3.05, 3.63) is 70.2 Å². The van der Waals surface area contributed by atoms with E-state index in [-0.39, 0.29) is 12.0 Å². The molecule has 0 spiro atoms. The third-order valence-corrected chi connectivity index (χ3v) is 5.76. The first-order chi connectivity index (χ1) is 13.2. The summed E-state index contributed by atoms with van der Waals surface area (Å²) in [5.74, 6) is 0.0126. The number of hydrogen-bond donors (Lipinski definition) is 0. The van der Waals surface area contributed by atoms with Crippen molar-refractivity contribution in [3.8, 4) is 5.69 Å². The highest BCUT2D eigenvalue weighted by atomic mass is 32.1. The van der Waals surface area contributed by atoms with Gasteiger partial charge in [-0.25, -0.2) is 4.68 Å². The molecule has 0 N–H and O–H groups in total. The van der Waals surface area contributed by atoms with Gasteiger partial charge in [0.2, 0.25) is 0 Å². The highest BCUT2D eigenvalue weighted by Crippen LogP contribution is 2.21. The second-order valence-corrected chi connectivity index (χ2v) is 7.82. The van der Waals surface area contributed by atoms with E-state index in [1.54, 1.807) is 17.5 Å². The maximum Gasteiger partial charge on any atom is 0.257 e. The van der Waals surface area contributed by atoms with Crippen LogP contribution < -0.4 is 0 Å². The molecule has 1 atom stereocenters. The van der Waals surface area contributed by atoms with Crippen molar-refractivity contribution >= 4 is 17.2 Å². The maximum absolute atomic E-state index is 13.3. The number of carbonyl (C=O) groups is 1. The number of thiophene rings is 1. The molecular weight excluding hydrogens is 358 g/mol. The summed E-state index contributed by atoms with van der Waals surface area (Å²) in [6.07, 6.45) is 3.88. The summed E-state index contributed by atoms with van der Waals surface area (Å²) in [7, 11) is 0. The van der Waals surface area contributed by atoms with Gasteiger partial charge >= 0.3 is 0 Å². The van der Waals surface area contributed by atoms with Crippen molar-refractivity contribution in [2.45, 2.75) is 32.4 Å². The molecule has 1 saturated heterocycles. The Morgan fingerprint density at radius 3 is 2.85 bits per heavy atom. The fraction of sp³-hybridized carbons (Fsp3) is 0.333. The van der Waals surface area contributed by atoms with Gasteiger partial charge in [-0.3, -0.25) is 4.79 Å². The molecule has 3 heterocycles. The first kappa shape index (κ1) is 17.9. The molecular formula is C21H23N3O2S. The van der Waals surface area contributed by atoms with Crippen molar-refractivity contribution in [3.63, 3.8) is 0 Å². The molecule has 3 aromatic rings. The zero-order valence-electron chi connectivity index (χ0n) is 15.4. The Hall–Kier alpha value is -2.44. The van der Waals surface area contributed by atoms with Crippen LogP contribution in [0.2, 0.25) is 0 Å². The number of amides is 1. The Morgan fingerprint density at radius 1 is 1.30 bits per heavy atom. The van der Waals surface area contributed by atoms with Crippen LogP contribution in [0.5, 0.6) is 0 Å². The molecule has 0 aliphatic carbocycles. The molecule has 0 saturated carbocycles. The van der Waals surface area contributed by atoms with E-state index in [9.17, 15) is 4.79 Å². The van der Waals surface area contributed by atoms with E-state index in [0.29, 0.717) is 18.7 Å². The fourth-order valence-corrected chi connectivity index (χ4v) is 4.18. The minimum atomic E-state index is 0.0126. The number of para-hydroxylation sites is 1. The predicted molar refractivity (Wildman–Crippen MR) is 106 cm³/mol. The molecule has 1 aliphatic heterocycles. The molecule has 1 fully saturated rings. The number of nitrogens with zero attached hydrogens (tertiary/aromatic N) is 3. The zero-order chi connectivity index (χ0) is 18.6. The quantitative estimate of drug-likeness (QED) is 0.647. The van der Waals surface area contributed by atoms with E-state index in [0.717, 1.165) is 30.8 Å². The molecule has 4 rings (SSSR count). The molecule has 0 bridgehead atoms. The third kappa shape index (κ3) is 3.96. The molecule has 27 heavy (non-hydrogen) atoms. The van der Waals surface area contributed by atoms with Crippen LogP contribution in [0.3, 0.4) is 0 Å². The van der Waals surface area contributed by atoms with E-state index in [1.807, 2.05) is 58.3 Å². The Morgan fingerprint density at radius 2 is 2.15 bits per heavy atom. The van der Waals surface area contributed by atoms with Crippen molar-refractivity contribution in [1.82, 2.24) is 14.7 Å². The van der Waals surface area contributed by atoms with Gasteiger partial charge in [0, 0.05) is 18.0 Å². The summed E-state index contributed by atoms with van der Waals surface area (Å²) < 4.78 is 7.60. The molecule has 1 unspecified atom stereocenters.